The van der Waals surface area contributed by atoms with E-state index in [9.17, 15) is 0 Å². The molecule has 0 unspecified atom stereocenters. The lowest BCUT2D eigenvalue weighted by molar-refractivity contribution is 0.0650. The number of hydrogen-bond acceptors (Lipinski definition) is 4. The van der Waals surface area contributed by atoms with E-state index in [1.165, 1.54) is 0 Å². The average molecular weight is 194 g/mol. The molecule has 0 bridgehead atoms. The van der Waals surface area contributed by atoms with Gasteiger partial charge in [0.2, 0.25) is 0 Å². The molecule has 0 aromatic heterocycles. The molecule has 0 aliphatic carbocycles. The summed E-state index contributed by atoms with van der Waals surface area (Å²) in [6.07, 6.45) is 1.13. The van der Waals surface area contributed by atoms with E-state index in [0.717, 1.165) is 19.6 Å². The molecular weight excluding hydrogens is 172 g/mol. The Balaban J connectivity index is 0. The summed E-state index contributed by atoms with van der Waals surface area (Å²) in [7, 11) is 0. The minimum Gasteiger partial charge on any atom is -0.394 e. The molecule has 0 atom stereocenters. The molecule has 0 spiro atoms. The summed E-state index contributed by atoms with van der Waals surface area (Å²) in [6, 6.07) is 0. The van der Waals surface area contributed by atoms with Crippen molar-refractivity contribution >= 4 is 0 Å². The van der Waals surface area contributed by atoms with E-state index in [1.54, 1.807) is 0 Å². The van der Waals surface area contributed by atoms with Gasteiger partial charge >= 0.3 is 0 Å². The lowest BCUT2D eigenvalue weighted by Gasteiger charge is -1.94. The van der Waals surface area contributed by atoms with E-state index in [2.05, 4.69) is 11.7 Å². The first-order valence-electron chi connectivity index (χ1n) is 4.70. The van der Waals surface area contributed by atoms with Crippen molar-refractivity contribution in [1.29, 1.82) is 0 Å². The minimum atomic E-state index is 0.0278. The molecular formula is C9H22O4. The molecule has 0 aromatic rings. The largest absolute Gasteiger partial charge is 0.394 e. The summed E-state index contributed by atoms with van der Waals surface area (Å²) in [5.74, 6) is 0. The third kappa shape index (κ3) is 24.5. The topological polar surface area (TPSA) is 58.9 Å². The molecule has 82 valence electrons. The van der Waals surface area contributed by atoms with E-state index in [0.29, 0.717) is 13.2 Å². The Morgan fingerprint density at radius 1 is 0.846 bits per heavy atom. The van der Waals surface area contributed by atoms with Gasteiger partial charge in [0, 0.05) is 13.2 Å². The van der Waals surface area contributed by atoms with Crippen LogP contribution >= 0.6 is 0 Å². The Morgan fingerprint density at radius 3 is 1.62 bits per heavy atom. The zero-order valence-corrected chi connectivity index (χ0v) is 8.66. The van der Waals surface area contributed by atoms with Gasteiger partial charge in [0.05, 0.1) is 26.4 Å². The van der Waals surface area contributed by atoms with E-state index in [-0.39, 0.29) is 13.2 Å². The Hall–Kier alpha value is -0.160. The van der Waals surface area contributed by atoms with Crippen molar-refractivity contribution in [2.75, 3.05) is 39.6 Å². The fraction of sp³-hybridized carbons (Fsp3) is 1.00. The van der Waals surface area contributed by atoms with Crippen LogP contribution in [0.25, 0.3) is 0 Å². The van der Waals surface area contributed by atoms with Crippen molar-refractivity contribution in [1.82, 2.24) is 0 Å². The van der Waals surface area contributed by atoms with Crippen molar-refractivity contribution in [2.24, 2.45) is 0 Å². The van der Waals surface area contributed by atoms with Crippen LogP contribution in [0.1, 0.15) is 20.3 Å². The van der Waals surface area contributed by atoms with Crippen LogP contribution in [0, 0.1) is 0 Å². The predicted octanol–water partition coefficient (Wildman–Crippen LogP) is 0.421. The summed E-state index contributed by atoms with van der Waals surface area (Å²) in [6.45, 7) is 6.58. The summed E-state index contributed by atoms with van der Waals surface area (Å²) >= 11 is 0. The number of rotatable bonds is 7. The number of aliphatic hydroxyl groups excluding tert-OH is 2. The highest BCUT2D eigenvalue weighted by atomic mass is 16.5. The highest BCUT2D eigenvalue weighted by Gasteiger charge is 1.79. The molecule has 0 rings (SSSR count). The lowest BCUT2D eigenvalue weighted by Crippen LogP contribution is -2.03. The van der Waals surface area contributed by atoms with Crippen LogP contribution < -0.4 is 0 Å². The molecule has 4 nitrogen and oxygen atoms in total. The standard InChI is InChI=1S/C5H12O.C4H10O3/c1-3-5-6-4-2;5-1-3-7-4-2-6/h3-5H2,1-2H3;5-6H,1-4H2. The quantitative estimate of drug-likeness (QED) is 0.577. The average Bonchev–Trinajstić information content (AvgIpc) is 2.17. The van der Waals surface area contributed by atoms with Crippen molar-refractivity contribution in [3.8, 4) is 0 Å². The first-order valence-corrected chi connectivity index (χ1v) is 4.70. The highest BCUT2D eigenvalue weighted by molar-refractivity contribution is 4.24. The van der Waals surface area contributed by atoms with Crippen LogP contribution in [-0.2, 0) is 9.47 Å². The Labute approximate surface area is 80.5 Å². The van der Waals surface area contributed by atoms with Crippen molar-refractivity contribution < 1.29 is 19.7 Å². The zero-order valence-electron chi connectivity index (χ0n) is 8.66. The van der Waals surface area contributed by atoms with Gasteiger partial charge in [-0.3, -0.25) is 0 Å². The molecule has 13 heavy (non-hydrogen) atoms. The van der Waals surface area contributed by atoms with E-state index < -0.39 is 0 Å². The third-order valence-corrected chi connectivity index (χ3v) is 1.02. The summed E-state index contributed by atoms with van der Waals surface area (Å²) in [5.41, 5.74) is 0. The third-order valence-electron chi connectivity index (χ3n) is 1.02. The van der Waals surface area contributed by atoms with Crippen LogP contribution in [0.3, 0.4) is 0 Å². The van der Waals surface area contributed by atoms with Gasteiger partial charge in [-0.1, -0.05) is 6.92 Å². The van der Waals surface area contributed by atoms with Gasteiger partial charge in [-0.25, -0.2) is 0 Å². The van der Waals surface area contributed by atoms with Crippen molar-refractivity contribution in [3.63, 3.8) is 0 Å². The second-order valence-corrected chi connectivity index (χ2v) is 2.26. The molecule has 2 N–H and O–H groups in total. The molecule has 0 aliphatic heterocycles. The van der Waals surface area contributed by atoms with Crippen LogP contribution in [0.2, 0.25) is 0 Å². The van der Waals surface area contributed by atoms with E-state index >= 15 is 0 Å². The molecule has 0 saturated heterocycles. The van der Waals surface area contributed by atoms with Gasteiger partial charge < -0.3 is 19.7 Å². The molecule has 0 amide bonds. The molecule has 0 saturated carbocycles. The molecule has 0 radical (unpaired) electrons. The minimum absolute atomic E-state index is 0.0278. The monoisotopic (exact) mass is 194 g/mol. The smallest absolute Gasteiger partial charge is 0.0698 e. The van der Waals surface area contributed by atoms with Crippen LogP contribution in [0.4, 0.5) is 0 Å². The number of ether oxygens (including phenoxy) is 2. The fourth-order valence-corrected chi connectivity index (χ4v) is 0.520. The Bertz CT molecular complexity index is 60.6. The number of aliphatic hydroxyl groups is 2. The van der Waals surface area contributed by atoms with E-state index in [4.69, 9.17) is 14.9 Å². The lowest BCUT2D eigenvalue weighted by atomic mass is 10.5. The van der Waals surface area contributed by atoms with Gasteiger partial charge in [0.25, 0.3) is 0 Å². The fourth-order valence-electron chi connectivity index (χ4n) is 0.520. The molecule has 0 heterocycles. The molecule has 4 heteroatoms. The first-order chi connectivity index (χ1) is 6.33. The van der Waals surface area contributed by atoms with Gasteiger partial charge in [-0.05, 0) is 13.3 Å². The Kier molecular flexibility index (Phi) is 21.0. The van der Waals surface area contributed by atoms with Gasteiger partial charge in [0.15, 0.2) is 0 Å². The summed E-state index contributed by atoms with van der Waals surface area (Å²) < 4.78 is 9.61. The Morgan fingerprint density at radius 2 is 1.38 bits per heavy atom. The first kappa shape index (κ1) is 15.3. The zero-order chi connectivity index (χ0) is 10.4. The predicted molar refractivity (Wildman–Crippen MR) is 51.8 cm³/mol. The highest BCUT2D eigenvalue weighted by Crippen LogP contribution is 1.75. The van der Waals surface area contributed by atoms with Gasteiger partial charge in [-0.2, -0.15) is 0 Å². The number of hydrogen-bond donors (Lipinski definition) is 2. The maximum Gasteiger partial charge on any atom is 0.0698 e. The molecule has 0 aliphatic rings. The maximum atomic E-state index is 8.09. The maximum absolute atomic E-state index is 8.09. The molecule has 0 aromatic carbocycles. The van der Waals surface area contributed by atoms with Crippen LogP contribution in [0.15, 0.2) is 0 Å². The second-order valence-electron chi connectivity index (χ2n) is 2.26. The van der Waals surface area contributed by atoms with Crippen LogP contribution in [-0.4, -0.2) is 49.9 Å². The van der Waals surface area contributed by atoms with Gasteiger partial charge in [-0.15, -0.1) is 0 Å². The van der Waals surface area contributed by atoms with Crippen molar-refractivity contribution in [3.05, 3.63) is 0 Å². The summed E-state index contributed by atoms with van der Waals surface area (Å²) in [5, 5.41) is 16.2. The van der Waals surface area contributed by atoms with Crippen molar-refractivity contribution in [2.45, 2.75) is 20.3 Å². The summed E-state index contributed by atoms with van der Waals surface area (Å²) in [4.78, 5) is 0. The SMILES string of the molecule is CCCOCC.OCCOCCO. The van der Waals surface area contributed by atoms with E-state index in [1.807, 2.05) is 6.92 Å². The molecule has 0 fully saturated rings. The normalized spacial score (nSPS) is 9.23. The second kappa shape index (κ2) is 17.8. The van der Waals surface area contributed by atoms with Gasteiger partial charge in [0.1, 0.15) is 0 Å². The van der Waals surface area contributed by atoms with Crippen LogP contribution in [0.5, 0.6) is 0 Å².